The minimum absolute atomic E-state index is 0.121. The number of rotatable bonds is 7. The molecule has 0 spiro atoms. The van der Waals surface area contributed by atoms with Crippen LogP contribution in [0.5, 0.6) is 5.75 Å². The van der Waals surface area contributed by atoms with Crippen LogP contribution in [-0.4, -0.2) is 37.1 Å². The Bertz CT molecular complexity index is 1010. The minimum atomic E-state index is -0.121. The van der Waals surface area contributed by atoms with Gasteiger partial charge in [0.2, 0.25) is 0 Å². The second-order valence-corrected chi connectivity index (χ2v) is 7.49. The molecule has 1 aliphatic rings. The van der Waals surface area contributed by atoms with Gasteiger partial charge in [-0.25, -0.2) is 4.98 Å². The van der Waals surface area contributed by atoms with E-state index >= 15 is 0 Å². The Morgan fingerprint density at radius 2 is 1.97 bits per heavy atom. The highest BCUT2D eigenvalue weighted by Gasteiger charge is 2.22. The normalized spacial score (nSPS) is 16.0. The van der Waals surface area contributed by atoms with Crippen LogP contribution in [0.15, 0.2) is 72.9 Å². The quantitative estimate of drug-likeness (QED) is 0.617. The third kappa shape index (κ3) is 5.22. The Morgan fingerprint density at radius 1 is 1.16 bits per heavy atom. The molecule has 6 nitrogen and oxygen atoms in total. The minimum Gasteiger partial charge on any atom is -0.494 e. The van der Waals surface area contributed by atoms with Crippen molar-refractivity contribution in [2.45, 2.75) is 19.5 Å². The van der Waals surface area contributed by atoms with Gasteiger partial charge in [-0.2, -0.15) is 0 Å². The standard InChI is InChI=1S/C25H28N4O2/c1-2-31-23-11-7-6-10-21(23)17-28-25(30)20-12-13-27-24(16-20)29-15-14-26-22(18-29)19-8-4-3-5-9-19/h3-13,16,22,26H,2,14-15,17-18H2,1H3,(H,28,30)/t22-/m1/s1. The highest BCUT2D eigenvalue weighted by atomic mass is 16.5. The van der Waals surface area contributed by atoms with Gasteiger partial charge < -0.3 is 20.3 Å². The number of nitrogens with zero attached hydrogens (tertiary/aromatic N) is 2. The van der Waals surface area contributed by atoms with Gasteiger partial charge in [-0.1, -0.05) is 48.5 Å². The molecule has 160 valence electrons. The Kier molecular flexibility index (Phi) is 6.79. The third-order valence-electron chi connectivity index (χ3n) is 5.42. The van der Waals surface area contributed by atoms with Crippen LogP contribution in [0.2, 0.25) is 0 Å². The molecular formula is C25H28N4O2. The number of pyridine rings is 1. The molecule has 0 bridgehead atoms. The Morgan fingerprint density at radius 3 is 2.81 bits per heavy atom. The van der Waals surface area contributed by atoms with Crippen molar-refractivity contribution < 1.29 is 9.53 Å². The van der Waals surface area contributed by atoms with Gasteiger partial charge in [0.1, 0.15) is 11.6 Å². The lowest BCUT2D eigenvalue weighted by Crippen LogP contribution is -2.46. The lowest BCUT2D eigenvalue weighted by atomic mass is 10.0. The maximum Gasteiger partial charge on any atom is 0.251 e. The second-order valence-electron chi connectivity index (χ2n) is 7.49. The van der Waals surface area contributed by atoms with Gasteiger partial charge in [0.15, 0.2) is 0 Å². The molecule has 1 atom stereocenters. The number of piperazine rings is 1. The van der Waals surface area contributed by atoms with Gasteiger partial charge in [0.05, 0.1) is 6.61 Å². The van der Waals surface area contributed by atoms with Crippen LogP contribution in [-0.2, 0) is 6.54 Å². The summed E-state index contributed by atoms with van der Waals surface area (Å²) in [5.74, 6) is 1.50. The van der Waals surface area contributed by atoms with Crippen LogP contribution in [0.1, 0.15) is 34.5 Å². The number of carbonyl (C=O) groups excluding carboxylic acids is 1. The summed E-state index contributed by atoms with van der Waals surface area (Å²) in [4.78, 5) is 19.6. The highest BCUT2D eigenvalue weighted by molar-refractivity contribution is 5.94. The van der Waals surface area contributed by atoms with Crippen molar-refractivity contribution >= 4 is 11.7 Å². The first-order valence-corrected chi connectivity index (χ1v) is 10.7. The van der Waals surface area contributed by atoms with Gasteiger partial charge >= 0.3 is 0 Å². The number of hydrogen-bond donors (Lipinski definition) is 2. The fourth-order valence-corrected chi connectivity index (χ4v) is 3.82. The molecule has 1 aliphatic heterocycles. The van der Waals surface area contributed by atoms with E-state index in [0.29, 0.717) is 18.7 Å². The fraction of sp³-hybridized carbons (Fsp3) is 0.280. The lowest BCUT2D eigenvalue weighted by molar-refractivity contribution is 0.0950. The maximum absolute atomic E-state index is 12.8. The smallest absolute Gasteiger partial charge is 0.251 e. The molecule has 1 saturated heterocycles. The number of nitrogens with one attached hydrogen (secondary N) is 2. The van der Waals surface area contributed by atoms with Crippen molar-refractivity contribution in [3.8, 4) is 5.75 Å². The van der Waals surface area contributed by atoms with Crippen LogP contribution in [0.4, 0.5) is 5.82 Å². The lowest BCUT2D eigenvalue weighted by Gasteiger charge is -2.34. The molecule has 31 heavy (non-hydrogen) atoms. The van der Waals surface area contributed by atoms with Gasteiger partial charge in [0, 0.05) is 49.5 Å². The zero-order valence-electron chi connectivity index (χ0n) is 17.8. The third-order valence-corrected chi connectivity index (χ3v) is 5.42. The summed E-state index contributed by atoms with van der Waals surface area (Å²) >= 11 is 0. The van der Waals surface area contributed by atoms with E-state index in [9.17, 15) is 4.79 Å². The average molecular weight is 417 g/mol. The van der Waals surface area contributed by atoms with Crippen molar-refractivity contribution in [1.29, 1.82) is 0 Å². The Balaban J connectivity index is 1.42. The number of ether oxygens (including phenoxy) is 1. The number of anilines is 1. The zero-order chi connectivity index (χ0) is 21.5. The van der Waals surface area contributed by atoms with Gasteiger partial charge in [-0.3, -0.25) is 4.79 Å². The molecule has 6 heteroatoms. The zero-order valence-corrected chi connectivity index (χ0v) is 17.8. The number of amides is 1. The average Bonchev–Trinajstić information content (AvgIpc) is 2.84. The summed E-state index contributed by atoms with van der Waals surface area (Å²) in [5, 5.41) is 6.57. The number of carbonyl (C=O) groups is 1. The van der Waals surface area contributed by atoms with Crippen LogP contribution in [0.25, 0.3) is 0 Å². The Hall–Kier alpha value is -3.38. The van der Waals surface area contributed by atoms with E-state index in [-0.39, 0.29) is 11.9 Å². The second kappa shape index (κ2) is 10.1. The first-order valence-electron chi connectivity index (χ1n) is 10.7. The molecule has 0 saturated carbocycles. The van der Waals surface area contributed by atoms with Crippen molar-refractivity contribution in [2.75, 3.05) is 31.1 Å². The van der Waals surface area contributed by atoms with E-state index in [1.54, 1.807) is 12.3 Å². The summed E-state index contributed by atoms with van der Waals surface area (Å²) in [5.41, 5.74) is 2.82. The predicted molar refractivity (Wildman–Crippen MR) is 122 cm³/mol. The molecule has 1 aromatic heterocycles. The van der Waals surface area contributed by atoms with Crippen LogP contribution < -0.4 is 20.3 Å². The molecule has 0 aliphatic carbocycles. The predicted octanol–water partition coefficient (Wildman–Crippen LogP) is 3.56. The Labute approximate surface area is 183 Å². The number of aromatic nitrogens is 1. The largest absolute Gasteiger partial charge is 0.494 e. The highest BCUT2D eigenvalue weighted by Crippen LogP contribution is 2.22. The number of hydrogen-bond acceptors (Lipinski definition) is 5. The van der Waals surface area contributed by atoms with Crippen LogP contribution in [0.3, 0.4) is 0 Å². The maximum atomic E-state index is 12.8. The van der Waals surface area contributed by atoms with E-state index in [0.717, 1.165) is 36.8 Å². The molecule has 2 N–H and O–H groups in total. The fourth-order valence-electron chi connectivity index (χ4n) is 3.82. The molecule has 1 amide bonds. The van der Waals surface area contributed by atoms with Crippen molar-refractivity contribution in [3.05, 3.63) is 89.6 Å². The molecule has 2 heterocycles. The summed E-state index contributed by atoms with van der Waals surface area (Å²) in [6.07, 6.45) is 1.71. The van der Waals surface area contributed by atoms with E-state index in [2.05, 4.69) is 44.8 Å². The SMILES string of the molecule is CCOc1ccccc1CNC(=O)c1ccnc(N2CCN[C@@H](c3ccccc3)C2)c1. The molecule has 0 radical (unpaired) electrons. The molecule has 4 rings (SSSR count). The van der Waals surface area contributed by atoms with Gasteiger partial charge in [0.25, 0.3) is 5.91 Å². The van der Waals surface area contributed by atoms with Crippen molar-refractivity contribution in [2.24, 2.45) is 0 Å². The molecule has 3 aromatic rings. The first-order chi connectivity index (χ1) is 15.2. The topological polar surface area (TPSA) is 66.5 Å². The van der Waals surface area contributed by atoms with E-state index in [1.165, 1.54) is 5.56 Å². The molecule has 1 fully saturated rings. The van der Waals surface area contributed by atoms with Crippen LogP contribution in [0, 0.1) is 0 Å². The van der Waals surface area contributed by atoms with Crippen molar-refractivity contribution in [1.82, 2.24) is 15.6 Å². The van der Waals surface area contributed by atoms with Gasteiger partial charge in [-0.05, 0) is 30.7 Å². The molecular weight excluding hydrogens is 388 g/mol. The number of benzene rings is 2. The van der Waals surface area contributed by atoms with E-state index in [4.69, 9.17) is 4.74 Å². The van der Waals surface area contributed by atoms with E-state index < -0.39 is 0 Å². The summed E-state index contributed by atoms with van der Waals surface area (Å²) < 4.78 is 5.65. The summed E-state index contributed by atoms with van der Waals surface area (Å²) in [7, 11) is 0. The van der Waals surface area contributed by atoms with Gasteiger partial charge in [-0.15, -0.1) is 0 Å². The van der Waals surface area contributed by atoms with E-state index in [1.807, 2.05) is 43.3 Å². The summed E-state index contributed by atoms with van der Waals surface area (Å²) in [6, 6.07) is 22.1. The summed E-state index contributed by atoms with van der Waals surface area (Å²) in [6.45, 7) is 5.48. The van der Waals surface area contributed by atoms with Crippen LogP contribution >= 0.6 is 0 Å². The molecule has 2 aromatic carbocycles. The monoisotopic (exact) mass is 416 g/mol. The number of para-hydroxylation sites is 1. The first kappa shape index (κ1) is 20.9. The molecule has 0 unspecified atom stereocenters. The van der Waals surface area contributed by atoms with Crippen molar-refractivity contribution in [3.63, 3.8) is 0 Å².